The van der Waals surface area contributed by atoms with Gasteiger partial charge in [-0.1, -0.05) is 30.3 Å². The molecule has 1 aromatic rings. The van der Waals surface area contributed by atoms with Crippen molar-refractivity contribution in [3.8, 4) is 0 Å². The fourth-order valence-electron chi connectivity index (χ4n) is 4.97. The molecule has 3 aliphatic rings. The lowest BCUT2D eigenvalue weighted by Crippen LogP contribution is -2.47. The Morgan fingerprint density at radius 1 is 1.04 bits per heavy atom. The molecule has 5 nitrogen and oxygen atoms in total. The summed E-state index contributed by atoms with van der Waals surface area (Å²) in [5.41, 5.74) is 1.04. The minimum absolute atomic E-state index is 0.139. The van der Waals surface area contributed by atoms with Gasteiger partial charge in [0.2, 0.25) is 0 Å². The first kappa shape index (κ1) is 18.8. The van der Waals surface area contributed by atoms with Crippen LogP contribution in [0.15, 0.2) is 30.3 Å². The Labute approximate surface area is 162 Å². The predicted molar refractivity (Wildman–Crippen MR) is 104 cm³/mol. The van der Waals surface area contributed by atoms with E-state index in [0.29, 0.717) is 24.6 Å². The highest BCUT2D eigenvalue weighted by Gasteiger charge is 2.44. The third-order valence-electron chi connectivity index (χ3n) is 6.35. The monoisotopic (exact) mass is 372 g/mol. The topological polar surface area (TPSA) is 42.0 Å². The molecule has 3 saturated heterocycles. The number of fused-ring (bicyclic) bond motifs is 2. The van der Waals surface area contributed by atoms with E-state index in [9.17, 15) is 4.79 Å². The number of carbonyl (C=O) groups is 1. The lowest BCUT2D eigenvalue weighted by atomic mass is 9.92. The smallest absolute Gasteiger partial charge is 0.410 e. The lowest BCUT2D eigenvalue weighted by molar-refractivity contribution is 0.0223. The number of likely N-dealkylation sites (tertiary alicyclic amines) is 1. The van der Waals surface area contributed by atoms with Crippen LogP contribution in [-0.4, -0.2) is 60.8 Å². The Hall–Kier alpha value is -1.59. The van der Waals surface area contributed by atoms with Crippen molar-refractivity contribution in [2.45, 2.75) is 57.2 Å². The molecule has 0 aliphatic carbocycles. The van der Waals surface area contributed by atoms with Crippen LogP contribution in [0.1, 0.15) is 44.1 Å². The molecular formula is C22H32N2O3. The first-order chi connectivity index (χ1) is 13.3. The van der Waals surface area contributed by atoms with Crippen LogP contribution in [0, 0.1) is 5.92 Å². The van der Waals surface area contributed by atoms with Crippen molar-refractivity contribution in [3.63, 3.8) is 0 Å². The van der Waals surface area contributed by atoms with E-state index in [1.807, 2.05) is 35.2 Å². The van der Waals surface area contributed by atoms with E-state index in [1.54, 1.807) is 0 Å². The first-order valence-electron chi connectivity index (χ1n) is 10.6. The van der Waals surface area contributed by atoms with E-state index < -0.39 is 0 Å². The summed E-state index contributed by atoms with van der Waals surface area (Å²) < 4.78 is 11.6. The van der Waals surface area contributed by atoms with Crippen LogP contribution < -0.4 is 0 Å². The zero-order valence-corrected chi connectivity index (χ0v) is 16.2. The quantitative estimate of drug-likeness (QED) is 0.685. The van der Waals surface area contributed by atoms with Gasteiger partial charge >= 0.3 is 6.09 Å². The van der Waals surface area contributed by atoms with Gasteiger partial charge in [0.05, 0.1) is 6.61 Å². The highest BCUT2D eigenvalue weighted by molar-refractivity contribution is 5.69. The second-order valence-corrected chi connectivity index (χ2v) is 8.29. The molecule has 0 spiro atoms. The summed E-state index contributed by atoms with van der Waals surface area (Å²) in [5, 5.41) is 0. The number of benzene rings is 1. The number of ether oxygens (including phenoxy) is 2. The fourth-order valence-corrected chi connectivity index (χ4v) is 4.97. The van der Waals surface area contributed by atoms with E-state index in [0.717, 1.165) is 51.0 Å². The van der Waals surface area contributed by atoms with Crippen LogP contribution in [0.4, 0.5) is 4.79 Å². The molecule has 4 rings (SSSR count). The van der Waals surface area contributed by atoms with E-state index >= 15 is 0 Å². The van der Waals surface area contributed by atoms with Crippen molar-refractivity contribution in [3.05, 3.63) is 35.9 Å². The van der Waals surface area contributed by atoms with Crippen molar-refractivity contribution < 1.29 is 14.3 Å². The number of nitrogens with zero attached hydrogens (tertiary/aromatic N) is 2. The molecule has 1 aromatic carbocycles. The van der Waals surface area contributed by atoms with Crippen molar-refractivity contribution >= 4 is 6.09 Å². The summed E-state index contributed by atoms with van der Waals surface area (Å²) in [4.78, 5) is 17.1. The molecule has 2 atom stereocenters. The Morgan fingerprint density at radius 2 is 1.74 bits per heavy atom. The molecular weight excluding hydrogens is 340 g/mol. The summed E-state index contributed by atoms with van der Waals surface area (Å²) in [5.74, 6) is 0.583. The van der Waals surface area contributed by atoms with Gasteiger partial charge in [-0.05, 0) is 63.1 Å². The molecule has 0 N–H and O–H groups in total. The van der Waals surface area contributed by atoms with Crippen LogP contribution in [0.3, 0.4) is 0 Å². The largest absolute Gasteiger partial charge is 0.445 e. The lowest BCUT2D eigenvalue weighted by Gasteiger charge is -2.38. The van der Waals surface area contributed by atoms with Crippen molar-refractivity contribution in [1.82, 2.24) is 9.80 Å². The van der Waals surface area contributed by atoms with Crippen LogP contribution in [0.5, 0.6) is 0 Å². The van der Waals surface area contributed by atoms with Crippen LogP contribution >= 0.6 is 0 Å². The highest BCUT2D eigenvalue weighted by atomic mass is 16.6. The summed E-state index contributed by atoms with van der Waals surface area (Å²) in [7, 11) is 0. The van der Waals surface area contributed by atoms with Crippen LogP contribution in [0.25, 0.3) is 0 Å². The predicted octanol–water partition coefficient (Wildman–Crippen LogP) is 3.68. The molecule has 3 fully saturated rings. The van der Waals surface area contributed by atoms with Gasteiger partial charge in [-0.2, -0.15) is 0 Å². The van der Waals surface area contributed by atoms with Crippen molar-refractivity contribution in [2.24, 2.45) is 5.92 Å². The first-order valence-corrected chi connectivity index (χ1v) is 10.6. The van der Waals surface area contributed by atoms with E-state index in [4.69, 9.17) is 9.47 Å². The average Bonchev–Trinajstić information content (AvgIpc) is 3.30. The Kier molecular flexibility index (Phi) is 6.30. The van der Waals surface area contributed by atoms with Gasteiger partial charge in [0.15, 0.2) is 0 Å². The van der Waals surface area contributed by atoms with Gasteiger partial charge in [0.1, 0.15) is 6.61 Å². The maximum absolute atomic E-state index is 12.6. The normalized spacial score (nSPS) is 27.9. The zero-order chi connectivity index (χ0) is 18.5. The molecule has 1 amide bonds. The molecule has 0 saturated carbocycles. The Balaban J connectivity index is 1.19. The Bertz CT molecular complexity index is 589. The van der Waals surface area contributed by atoms with Gasteiger partial charge in [0, 0.05) is 25.2 Å². The Morgan fingerprint density at radius 3 is 2.44 bits per heavy atom. The summed E-state index contributed by atoms with van der Waals surface area (Å²) >= 11 is 0. The third kappa shape index (κ3) is 4.82. The maximum atomic E-state index is 12.6. The molecule has 0 aromatic heterocycles. The summed E-state index contributed by atoms with van der Waals surface area (Å²) in [6.07, 6.45) is 6.86. The third-order valence-corrected chi connectivity index (χ3v) is 6.35. The standard InChI is InChI=1S/C22H32N2O3/c25-22(27-17-18-6-2-1-3-7-18)24-20-8-9-21(24)15-19(14-20)16-26-13-12-23-10-4-5-11-23/h1-3,6-7,19-21H,4-5,8-17H2. The van der Waals surface area contributed by atoms with Gasteiger partial charge in [0.25, 0.3) is 0 Å². The minimum atomic E-state index is -0.139. The maximum Gasteiger partial charge on any atom is 0.410 e. The number of hydrogen-bond acceptors (Lipinski definition) is 4. The molecule has 3 aliphatic heterocycles. The van der Waals surface area contributed by atoms with E-state index in [-0.39, 0.29) is 6.09 Å². The number of piperidine rings is 1. The summed E-state index contributed by atoms with van der Waals surface area (Å²) in [6.45, 7) is 5.58. The number of amides is 1. The van der Waals surface area contributed by atoms with Gasteiger partial charge in [-0.25, -0.2) is 4.79 Å². The number of hydrogen-bond donors (Lipinski definition) is 0. The van der Waals surface area contributed by atoms with Crippen molar-refractivity contribution in [2.75, 3.05) is 32.8 Å². The fraction of sp³-hybridized carbons (Fsp3) is 0.682. The molecule has 2 bridgehead atoms. The van der Waals surface area contributed by atoms with Gasteiger partial charge < -0.3 is 19.3 Å². The molecule has 27 heavy (non-hydrogen) atoms. The zero-order valence-electron chi connectivity index (χ0n) is 16.2. The molecule has 2 unspecified atom stereocenters. The van der Waals surface area contributed by atoms with Gasteiger partial charge in [-0.3, -0.25) is 0 Å². The number of carbonyl (C=O) groups excluding carboxylic acids is 1. The van der Waals surface area contributed by atoms with E-state index in [2.05, 4.69) is 4.90 Å². The molecule has 148 valence electrons. The molecule has 0 radical (unpaired) electrons. The van der Waals surface area contributed by atoms with Gasteiger partial charge in [-0.15, -0.1) is 0 Å². The van der Waals surface area contributed by atoms with Crippen LogP contribution in [0.2, 0.25) is 0 Å². The number of rotatable bonds is 7. The molecule has 5 heteroatoms. The summed E-state index contributed by atoms with van der Waals surface area (Å²) in [6, 6.07) is 10.6. The minimum Gasteiger partial charge on any atom is -0.445 e. The van der Waals surface area contributed by atoms with Crippen molar-refractivity contribution in [1.29, 1.82) is 0 Å². The highest BCUT2D eigenvalue weighted by Crippen LogP contribution is 2.39. The second-order valence-electron chi connectivity index (χ2n) is 8.29. The second kappa shape index (κ2) is 9.07. The average molecular weight is 373 g/mol. The molecule has 3 heterocycles. The van der Waals surface area contributed by atoms with E-state index in [1.165, 1.54) is 25.9 Å². The van der Waals surface area contributed by atoms with Crippen LogP contribution in [-0.2, 0) is 16.1 Å². The SMILES string of the molecule is O=C(OCc1ccccc1)N1C2CCC1CC(COCCN1CCCC1)C2.